The Morgan fingerprint density at radius 1 is 1.17 bits per heavy atom. The summed E-state index contributed by atoms with van der Waals surface area (Å²) in [7, 11) is 0. The van der Waals surface area contributed by atoms with Gasteiger partial charge in [-0.3, -0.25) is 14.5 Å². The first-order chi connectivity index (χ1) is 11.2. The van der Waals surface area contributed by atoms with Gasteiger partial charge < -0.3 is 10.6 Å². The Hall–Kier alpha value is -2.09. The van der Waals surface area contributed by atoms with Crippen molar-refractivity contribution in [1.82, 2.24) is 9.80 Å². The molecule has 2 amide bonds. The summed E-state index contributed by atoms with van der Waals surface area (Å²) in [6.07, 6.45) is -4.36. The van der Waals surface area contributed by atoms with Crippen LogP contribution in [0.1, 0.15) is 18.1 Å². The molecule has 1 aliphatic heterocycles. The largest absolute Gasteiger partial charge is 0.416 e. The summed E-state index contributed by atoms with van der Waals surface area (Å²) in [5.41, 5.74) is 5.41. The Morgan fingerprint density at radius 3 is 2.29 bits per heavy atom. The summed E-state index contributed by atoms with van der Waals surface area (Å²) in [5.74, 6) is -1.11. The molecule has 0 aromatic heterocycles. The maximum atomic E-state index is 12.6. The zero-order valence-electron chi connectivity index (χ0n) is 13.3. The Morgan fingerprint density at radius 2 is 1.79 bits per heavy atom. The van der Waals surface area contributed by atoms with Crippen molar-refractivity contribution in [3.8, 4) is 0 Å². The standard InChI is InChI=1S/C16H20F3N3O2/c1-11(23)22-7-6-21(9-13(10-22)15(20)24)8-12-2-4-14(5-3-12)16(17,18)19/h2-5,13H,6-10H2,1H3,(H2,20,24)/t13-/m0/s1. The van der Waals surface area contributed by atoms with Gasteiger partial charge in [0.25, 0.3) is 0 Å². The highest BCUT2D eigenvalue weighted by molar-refractivity contribution is 5.79. The predicted octanol–water partition coefficient (Wildman–Crippen LogP) is 1.47. The number of carbonyl (C=O) groups excluding carboxylic acids is 2. The smallest absolute Gasteiger partial charge is 0.369 e. The van der Waals surface area contributed by atoms with Gasteiger partial charge >= 0.3 is 6.18 Å². The maximum absolute atomic E-state index is 12.6. The molecule has 1 aliphatic rings. The molecule has 1 aromatic carbocycles. The molecule has 0 spiro atoms. The summed E-state index contributed by atoms with van der Waals surface area (Å²) < 4.78 is 37.8. The Balaban J connectivity index is 2.08. The molecular formula is C16H20F3N3O2. The summed E-state index contributed by atoms with van der Waals surface area (Å²) in [6, 6.07) is 4.94. The SMILES string of the molecule is CC(=O)N1CCN(Cc2ccc(C(F)(F)F)cc2)C[C@H](C(N)=O)C1. The average Bonchev–Trinajstić information content (AvgIpc) is 2.70. The average molecular weight is 343 g/mol. The fraction of sp³-hybridized carbons (Fsp3) is 0.500. The lowest BCUT2D eigenvalue weighted by Gasteiger charge is -2.22. The molecule has 0 saturated carbocycles. The van der Waals surface area contributed by atoms with Crippen molar-refractivity contribution in [3.05, 3.63) is 35.4 Å². The van der Waals surface area contributed by atoms with Crippen molar-refractivity contribution >= 4 is 11.8 Å². The number of rotatable bonds is 3. The van der Waals surface area contributed by atoms with Crippen LogP contribution in [0.2, 0.25) is 0 Å². The van der Waals surface area contributed by atoms with Gasteiger partial charge in [0.05, 0.1) is 11.5 Å². The molecule has 0 aliphatic carbocycles. The van der Waals surface area contributed by atoms with Crippen molar-refractivity contribution in [2.45, 2.75) is 19.6 Å². The van der Waals surface area contributed by atoms with Crippen LogP contribution in [0.5, 0.6) is 0 Å². The van der Waals surface area contributed by atoms with Crippen molar-refractivity contribution < 1.29 is 22.8 Å². The summed E-state index contributed by atoms with van der Waals surface area (Å²) in [6.45, 7) is 3.47. The van der Waals surface area contributed by atoms with Gasteiger partial charge in [0.2, 0.25) is 11.8 Å². The number of benzene rings is 1. The minimum absolute atomic E-state index is 0.127. The number of nitrogens with two attached hydrogens (primary N) is 1. The molecule has 8 heteroatoms. The molecule has 1 heterocycles. The minimum atomic E-state index is -4.36. The fourth-order valence-corrected chi connectivity index (χ4v) is 2.75. The van der Waals surface area contributed by atoms with Gasteiger partial charge in [-0.15, -0.1) is 0 Å². The minimum Gasteiger partial charge on any atom is -0.369 e. The van der Waals surface area contributed by atoms with Crippen LogP contribution in [0.25, 0.3) is 0 Å². The summed E-state index contributed by atoms with van der Waals surface area (Å²) >= 11 is 0. The first-order valence-corrected chi connectivity index (χ1v) is 7.60. The van der Waals surface area contributed by atoms with Crippen LogP contribution in [0.3, 0.4) is 0 Å². The first kappa shape index (κ1) is 18.3. The lowest BCUT2D eigenvalue weighted by atomic mass is 10.1. The third-order valence-corrected chi connectivity index (χ3v) is 4.14. The van der Waals surface area contributed by atoms with E-state index >= 15 is 0 Å². The third-order valence-electron chi connectivity index (χ3n) is 4.14. The second-order valence-corrected chi connectivity index (χ2v) is 5.99. The van der Waals surface area contributed by atoms with E-state index < -0.39 is 23.6 Å². The van der Waals surface area contributed by atoms with Crippen LogP contribution >= 0.6 is 0 Å². The van der Waals surface area contributed by atoms with Gasteiger partial charge in [-0.1, -0.05) is 12.1 Å². The zero-order valence-corrected chi connectivity index (χ0v) is 13.3. The molecule has 24 heavy (non-hydrogen) atoms. The lowest BCUT2D eigenvalue weighted by Crippen LogP contribution is -2.39. The van der Waals surface area contributed by atoms with Crippen LogP contribution in [0.4, 0.5) is 13.2 Å². The van der Waals surface area contributed by atoms with Gasteiger partial charge in [0, 0.05) is 39.6 Å². The van der Waals surface area contributed by atoms with E-state index in [1.54, 1.807) is 4.90 Å². The van der Waals surface area contributed by atoms with Gasteiger partial charge in [0.1, 0.15) is 0 Å². The summed E-state index contributed by atoms with van der Waals surface area (Å²) in [5, 5.41) is 0. The van der Waals surface area contributed by atoms with E-state index in [-0.39, 0.29) is 12.5 Å². The van der Waals surface area contributed by atoms with Crippen LogP contribution < -0.4 is 5.73 Å². The number of hydrogen-bond donors (Lipinski definition) is 1. The van der Waals surface area contributed by atoms with Gasteiger partial charge in [0.15, 0.2) is 0 Å². The number of nitrogens with zero attached hydrogens (tertiary/aromatic N) is 2. The predicted molar refractivity (Wildman–Crippen MR) is 81.7 cm³/mol. The molecule has 1 aromatic rings. The number of carbonyl (C=O) groups is 2. The highest BCUT2D eigenvalue weighted by Gasteiger charge is 2.30. The normalized spacial score (nSPS) is 19.8. The molecule has 1 atom stereocenters. The number of halogens is 3. The maximum Gasteiger partial charge on any atom is 0.416 e. The van der Waals surface area contributed by atoms with E-state index in [9.17, 15) is 22.8 Å². The van der Waals surface area contributed by atoms with Crippen LogP contribution in [0.15, 0.2) is 24.3 Å². The van der Waals surface area contributed by atoms with Crippen molar-refractivity contribution in [1.29, 1.82) is 0 Å². The first-order valence-electron chi connectivity index (χ1n) is 7.60. The zero-order chi connectivity index (χ0) is 17.9. The van der Waals surface area contributed by atoms with E-state index in [2.05, 4.69) is 0 Å². The number of amides is 2. The van der Waals surface area contributed by atoms with Crippen LogP contribution in [-0.2, 0) is 22.3 Å². The third kappa shape index (κ3) is 4.70. The molecule has 0 unspecified atom stereocenters. The van der Waals surface area contributed by atoms with E-state index in [4.69, 9.17) is 5.73 Å². The molecule has 132 valence electrons. The molecule has 0 radical (unpaired) electrons. The summed E-state index contributed by atoms with van der Waals surface area (Å²) in [4.78, 5) is 26.6. The second kappa shape index (κ2) is 7.21. The van der Waals surface area contributed by atoms with E-state index in [1.807, 2.05) is 4.90 Å². The van der Waals surface area contributed by atoms with Crippen LogP contribution in [0, 0.1) is 5.92 Å². The Kier molecular flexibility index (Phi) is 5.48. The van der Waals surface area contributed by atoms with E-state index in [0.717, 1.165) is 12.1 Å². The molecular weight excluding hydrogens is 323 g/mol. The molecule has 2 N–H and O–H groups in total. The monoisotopic (exact) mass is 343 g/mol. The Labute approximate surface area is 138 Å². The molecule has 1 saturated heterocycles. The van der Waals surface area contributed by atoms with Crippen molar-refractivity contribution in [3.63, 3.8) is 0 Å². The topological polar surface area (TPSA) is 66.6 Å². The Bertz CT molecular complexity index is 602. The van der Waals surface area contributed by atoms with Crippen molar-refractivity contribution in [2.75, 3.05) is 26.2 Å². The fourth-order valence-electron chi connectivity index (χ4n) is 2.75. The second-order valence-electron chi connectivity index (χ2n) is 5.99. The van der Waals surface area contributed by atoms with Crippen molar-refractivity contribution in [2.24, 2.45) is 11.7 Å². The molecule has 0 bridgehead atoms. The molecule has 1 fully saturated rings. The van der Waals surface area contributed by atoms with Crippen LogP contribution in [-0.4, -0.2) is 47.8 Å². The number of hydrogen-bond acceptors (Lipinski definition) is 3. The lowest BCUT2D eigenvalue weighted by molar-refractivity contribution is -0.137. The van der Waals surface area contributed by atoms with Gasteiger partial charge in [-0.25, -0.2) is 0 Å². The van der Waals surface area contributed by atoms with Gasteiger partial charge in [-0.05, 0) is 17.7 Å². The molecule has 2 rings (SSSR count). The van der Waals surface area contributed by atoms with E-state index in [0.29, 0.717) is 31.7 Å². The number of primary amides is 1. The molecule has 5 nitrogen and oxygen atoms in total. The van der Waals surface area contributed by atoms with E-state index in [1.165, 1.54) is 19.1 Å². The highest BCUT2D eigenvalue weighted by Crippen LogP contribution is 2.29. The number of alkyl halides is 3. The quantitative estimate of drug-likeness (QED) is 0.904. The van der Waals surface area contributed by atoms with Gasteiger partial charge in [-0.2, -0.15) is 13.2 Å². The highest BCUT2D eigenvalue weighted by atomic mass is 19.4.